The van der Waals surface area contributed by atoms with E-state index in [1.165, 1.54) is 26.4 Å². The first-order valence-corrected chi connectivity index (χ1v) is 8.31. The number of nitrogens with zero attached hydrogens (tertiary/aromatic N) is 1. The summed E-state index contributed by atoms with van der Waals surface area (Å²) in [7, 11) is 2.41. The second-order valence-electron chi connectivity index (χ2n) is 5.58. The maximum Gasteiger partial charge on any atom is 0.336 e. The largest absolute Gasteiger partial charge is 0.466 e. The zero-order chi connectivity index (χ0) is 19.6. The van der Waals surface area contributed by atoms with Gasteiger partial charge in [0.15, 0.2) is 0 Å². The van der Waals surface area contributed by atoms with Gasteiger partial charge in [-0.25, -0.2) is 9.59 Å². The lowest BCUT2D eigenvalue weighted by Gasteiger charge is -2.29. The van der Waals surface area contributed by atoms with E-state index < -0.39 is 22.8 Å². The average Bonchev–Trinajstić information content (AvgIpc) is 2.59. The summed E-state index contributed by atoms with van der Waals surface area (Å²) >= 11 is 3.20. The lowest BCUT2D eigenvalue weighted by Crippen LogP contribution is -2.32. The van der Waals surface area contributed by atoms with Crippen molar-refractivity contribution in [3.05, 3.63) is 60.9 Å². The molecule has 0 aromatic heterocycles. The van der Waals surface area contributed by atoms with Crippen molar-refractivity contribution in [1.29, 1.82) is 0 Å². The Morgan fingerprint density at radius 2 is 1.62 bits per heavy atom. The lowest BCUT2D eigenvalue weighted by atomic mass is 9.79. The number of nitro benzene ring substituents is 1. The molecular weight excluding hydrogens is 408 g/mol. The van der Waals surface area contributed by atoms with Gasteiger partial charge in [0, 0.05) is 27.5 Å². The Bertz CT molecular complexity index is 821. The number of benzene rings is 1. The van der Waals surface area contributed by atoms with Gasteiger partial charge in [-0.05, 0) is 19.9 Å². The number of hydrogen-bond donors (Lipinski definition) is 1. The maximum absolute atomic E-state index is 12.4. The number of hydrogen-bond acceptors (Lipinski definition) is 7. The smallest absolute Gasteiger partial charge is 0.336 e. The molecule has 0 saturated carbocycles. The number of methoxy groups -OCH3 is 2. The van der Waals surface area contributed by atoms with Crippen molar-refractivity contribution in [3.63, 3.8) is 0 Å². The topological polar surface area (TPSA) is 108 Å². The Labute approximate surface area is 158 Å². The van der Waals surface area contributed by atoms with Crippen LogP contribution in [0.25, 0.3) is 0 Å². The standard InChI is InChI=1S/C17H17BrN2O6/c1-8-13(16(21)25-3)15(14(9(2)19-8)17(22)26-4)11-6-5-10(18)7-12(11)20(23)24/h5-7,15,19H,1-4H3. The van der Waals surface area contributed by atoms with E-state index in [1.807, 2.05) is 0 Å². The number of nitro groups is 1. The summed E-state index contributed by atoms with van der Waals surface area (Å²) in [5.74, 6) is -2.37. The summed E-state index contributed by atoms with van der Waals surface area (Å²) in [4.78, 5) is 35.8. The number of carbonyl (C=O) groups is 2. The van der Waals surface area contributed by atoms with E-state index in [1.54, 1.807) is 19.9 Å². The molecule has 138 valence electrons. The molecule has 1 heterocycles. The van der Waals surface area contributed by atoms with Gasteiger partial charge in [-0.15, -0.1) is 0 Å². The fourth-order valence-corrected chi connectivity index (χ4v) is 3.33. The molecule has 26 heavy (non-hydrogen) atoms. The summed E-state index contributed by atoms with van der Waals surface area (Å²) < 4.78 is 10.2. The number of allylic oxidation sites excluding steroid dienone is 2. The van der Waals surface area contributed by atoms with Crippen LogP contribution in [0.15, 0.2) is 45.2 Å². The van der Waals surface area contributed by atoms with Crippen LogP contribution in [0.3, 0.4) is 0 Å². The van der Waals surface area contributed by atoms with E-state index in [0.29, 0.717) is 15.9 Å². The monoisotopic (exact) mass is 424 g/mol. The minimum atomic E-state index is -0.996. The van der Waals surface area contributed by atoms with Crippen molar-refractivity contribution < 1.29 is 24.0 Å². The summed E-state index contributed by atoms with van der Waals surface area (Å²) in [6.07, 6.45) is 0. The first-order chi connectivity index (χ1) is 12.2. The van der Waals surface area contributed by atoms with Crippen molar-refractivity contribution in [3.8, 4) is 0 Å². The molecule has 1 aliphatic rings. The first-order valence-electron chi connectivity index (χ1n) is 7.51. The third-order valence-electron chi connectivity index (χ3n) is 4.07. The molecule has 1 aromatic rings. The van der Waals surface area contributed by atoms with Gasteiger partial charge >= 0.3 is 11.9 Å². The average molecular weight is 425 g/mol. The fourth-order valence-electron chi connectivity index (χ4n) is 2.99. The zero-order valence-corrected chi connectivity index (χ0v) is 16.2. The third kappa shape index (κ3) is 3.48. The van der Waals surface area contributed by atoms with Gasteiger partial charge in [0.2, 0.25) is 0 Å². The van der Waals surface area contributed by atoms with Crippen molar-refractivity contribution in [2.24, 2.45) is 0 Å². The van der Waals surface area contributed by atoms with Crippen molar-refractivity contribution in [2.75, 3.05) is 14.2 Å². The number of dihydropyridines is 1. The van der Waals surface area contributed by atoms with Gasteiger partial charge in [-0.1, -0.05) is 22.0 Å². The lowest BCUT2D eigenvalue weighted by molar-refractivity contribution is -0.385. The van der Waals surface area contributed by atoms with E-state index in [2.05, 4.69) is 21.2 Å². The van der Waals surface area contributed by atoms with Gasteiger partial charge in [-0.2, -0.15) is 0 Å². The van der Waals surface area contributed by atoms with E-state index in [-0.39, 0.29) is 22.4 Å². The van der Waals surface area contributed by atoms with E-state index >= 15 is 0 Å². The van der Waals surface area contributed by atoms with Crippen LogP contribution in [0.5, 0.6) is 0 Å². The van der Waals surface area contributed by atoms with Gasteiger partial charge in [0.05, 0.1) is 36.2 Å². The van der Waals surface area contributed by atoms with Gasteiger partial charge in [-0.3, -0.25) is 10.1 Å². The molecule has 0 radical (unpaired) electrons. The molecule has 1 aromatic carbocycles. The Hall–Kier alpha value is -2.68. The number of rotatable bonds is 4. The minimum Gasteiger partial charge on any atom is -0.466 e. The minimum absolute atomic E-state index is 0.115. The Morgan fingerprint density at radius 1 is 1.12 bits per heavy atom. The maximum atomic E-state index is 12.4. The molecule has 0 unspecified atom stereocenters. The number of carbonyl (C=O) groups excluding carboxylic acids is 2. The Kier molecular flexibility index (Phi) is 5.81. The molecule has 2 rings (SSSR count). The van der Waals surface area contributed by atoms with Crippen LogP contribution in [0.2, 0.25) is 0 Å². The molecule has 0 amide bonds. The number of esters is 2. The van der Waals surface area contributed by atoms with Crippen LogP contribution in [0, 0.1) is 10.1 Å². The van der Waals surface area contributed by atoms with Crippen molar-refractivity contribution in [1.82, 2.24) is 5.32 Å². The second kappa shape index (κ2) is 7.69. The quantitative estimate of drug-likeness (QED) is 0.449. The SMILES string of the molecule is COC(=O)C1=C(C)NC(C)=C(C(=O)OC)C1c1ccc(Br)cc1[N+](=O)[O-]. The highest BCUT2D eigenvalue weighted by atomic mass is 79.9. The summed E-state index contributed by atoms with van der Waals surface area (Å²) in [5, 5.41) is 14.5. The van der Waals surface area contributed by atoms with E-state index in [4.69, 9.17) is 9.47 Å². The summed E-state index contributed by atoms with van der Waals surface area (Å²) in [6, 6.07) is 4.44. The Morgan fingerprint density at radius 3 is 2.04 bits per heavy atom. The highest BCUT2D eigenvalue weighted by Gasteiger charge is 2.40. The molecule has 0 saturated heterocycles. The molecule has 0 aliphatic carbocycles. The Balaban J connectivity index is 2.84. The van der Waals surface area contributed by atoms with Crippen molar-refractivity contribution in [2.45, 2.75) is 19.8 Å². The molecule has 9 heteroatoms. The molecule has 8 nitrogen and oxygen atoms in total. The fraction of sp³-hybridized carbons (Fsp3) is 0.294. The van der Waals surface area contributed by atoms with Crippen LogP contribution in [0.1, 0.15) is 25.3 Å². The summed E-state index contributed by atoms with van der Waals surface area (Å²) in [5.41, 5.74) is 1.09. The van der Waals surface area contributed by atoms with Crippen LogP contribution >= 0.6 is 15.9 Å². The number of ether oxygens (including phenoxy) is 2. The molecule has 0 bridgehead atoms. The molecule has 0 spiro atoms. The second-order valence-corrected chi connectivity index (χ2v) is 6.49. The van der Waals surface area contributed by atoms with Crippen molar-refractivity contribution >= 4 is 33.6 Å². The van der Waals surface area contributed by atoms with E-state index in [9.17, 15) is 19.7 Å². The zero-order valence-electron chi connectivity index (χ0n) is 14.6. The highest BCUT2D eigenvalue weighted by Crippen LogP contribution is 2.43. The summed E-state index contributed by atoms with van der Waals surface area (Å²) in [6.45, 7) is 3.28. The van der Waals surface area contributed by atoms with E-state index in [0.717, 1.165) is 0 Å². The molecule has 1 N–H and O–H groups in total. The van der Waals surface area contributed by atoms with Crippen LogP contribution in [0.4, 0.5) is 5.69 Å². The third-order valence-corrected chi connectivity index (χ3v) is 4.56. The van der Waals surface area contributed by atoms with Crippen LogP contribution in [-0.4, -0.2) is 31.1 Å². The normalized spacial score (nSPS) is 14.8. The highest BCUT2D eigenvalue weighted by molar-refractivity contribution is 9.10. The molecule has 1 aliphatic heterocycles. The van der Waals surface area contributed by atoms with Gasteiger partial charge in [0.1, 0.15) is 0 Å². The van der Waals surface area contributed by atoms with Crippen LogP contribution < -0.4 is 5.32 Å². The predicted molar refractivity (Wildman–Crippen MR) is 96.1 cm³/mol. The predicted octanol–water partition coefficient (Wildman–Crippen LogP) is 2.94. The molecule has 0 fully saturated rings. The van der Waals surface area contributed by atoms with Gasteiger partial charge < -0.3 is 14.8 Å². The number of nitrogens with one attached hydrogen (secondary N) is 1. The first kappa shape index (κ1) is 19.6. The number of halogens is 1. The van der Waals surface area contributed by atoms with Gasteiger partial charge in [0.25, 0.3) is 5.69 Å². The molecule has 0 atom stereocenters. The van der Waals surface area contributed by atoms with Crippen LogP contribution in [-0.2, 0) is 19.1 Å². The molecular formula is C17H17BrN2O6.